The van der Waals surface area contributed by atoms with Crippen molar-refractivity contribution in [2.45, 2.75) is 6.92 Å². The van der Waals surface area contributed by atoms with E-state index in [2.05, 4.69) is 5.32 Å². The van der Waals surface area contributed by atoms with E-state index in [0.29, 0.717) is 17.1 Å². The van der Waals surface area contributed by atoms with Crippen molar-refractivity contribution in [3.8, 4) is 11.4 Å². The van der Waals surface area contributed by atoms with Gasteiger partial charge in [0.2, 0.25) is 15.9 Å². The van der Waals surface area contributed by atoms with E-state index in [9.17, 15) is 18.0 Å². The van der Waals surface area contributed by atoms with Gasteiger partial charge in [0.15, 0.2) is 0 Å². The second-order valence-corrected chi connectivity index (χ2v) is 8.83. The number of para-hydroxylation sites is 3. The van der Waals surface area contributed by atoms with Crippen LogP contribution in [0.4, 0.5) is 11.4 Å². The molecule has 2 aromatic carbocycles. The fourth-order valence-electron chi connectivity index (χ4n) is 3.24. The SMILES string of the molecule is COc1ccccc1N(CC(=O)Nc1c(C)n(C)n(-c2ccccc2)c1=O)S(C)(=O)=O. The molecule has 0 atom stereocenters. The number of carbonyl (C=O) groups excluding carboxylic acids is 1. The van der Waals surface area contributed by atoms with Gasteiger partial charge in [-0.15, -0.1) is 0 Å². The minimum absolute atomic E-state index is 0.0878. The third kappa shape index (κ3) is 4.48. The molecule has 0 aliphatic heterocycles. The van der Waals surface area contributed by atoms with Crippen molar-refractivity contribution < 1.29 is 17.9 Å². The van der Waals surface area contributed by atoms with Gasteiger partial charge in [-0.2, -0.15) is 0 Å². The lowest BCUT2D eigenvalue weighted by atomic mass is 10.3. The van der Waals surface area contributed by atoms with Crippen LogP contribution in [0.1, 0.15) is 5.69 Å². The van der Waals surface area contributed by atoms with Crippen LogP contribution in [0.3, 0.4) is 0 Å². The first-order valence-corrected chi connectivity index (χ1v) is 11.2. The molecule has 31 heavy (non-hydrogen) atoms. The van der Waals surface area contributed by atoms with Crippen LogP contribution < -0.4 is 19.9 Å². The van der Waals surface area contributed by atoms with E-state index in [0.717, 1.165) is 10.6 Å². The van der Waals surface area contributed by atoms with Crippen LogP contribution in [0.5, 0.6) is 5.75 Å². The molecule has 1 aromatic heterocycles. The summed E-state index contributed by atoms with van der Waals surface area (Å²) in [5, 5.41) is 2.58. The summed E-state index contributed by atoms with van der Waals surface area (Å²) >= 11 is 0. The van der Waals surface area contributed by atoms with Crippen molar-refractivity contribution in [3.05, 3.63) is 70.6 Å². The first-order chi connectivity index (χ1) is 14.6. The normalized spacial score (nSPS) is 11.2. The number of amides is 1. The number of ether oxygens (including phenoxy) is 1. The van der Waals surface area contributed by atoms with Crippen molar-refractivity contribution in [2.24, 2.45) is 7.05 Å². The molecule has 3 aromatic rings. The number of nitrogens with one attached hydrogen (secondary N) is 1. The van der Waals surface area contributed by atoms with Crippen LogP contribution in [0.2, 0.25) is 0 Å². The zero-order chi connectivity index (χ0) is 22.8. The van der Waals surface area contributed by atoms with Crippen LogP contribution in [-0.4, -0.2) is 43.6 Å². The second-order valence-electron chi connectivity index (χ2n) is 6.93. The van der Waals surface area contributed by atoms with Gasteiger partial charge in [-0.25, -0.2) is 13.1 Å². The predicted octanol–water partition coefficient (Wildman–Crippen LogP) is 1.90. The Labute approximate surface area is 180 Å². The van der Waals surface area contributed by atoms with E-state index in [4.69, 9.17) is 4.74 Å². The van der Waals surface area contributed by atoms with Crippen LogP contribution in [0.25, 0.3) is 5.69 Å². The van der Waals surface area contributed by atoms with E-state index in [1.165, 1.54) is 11.8 Å². The first kappa shape index (κ1) is 22.2. The first-order valence-electron chi connectivity index (χ1n) is 9.39. The minimum Gasteiger partial charge on any atom is -0.495 e. The molecule has 1 heterocycles. The Hall–Kier alpha value is -3.53. The summed E-state index contributed by atoms with van der Waals surface area (Å²) in [6.45, 7) is 1.18. The lowest BCUT2D eigenvalue weighted by Crippen LogP contribution is -2.38. The van der Waals surface area contributed by atoms with E-state index < -0.39 is 28.0 Å². The monoisotopic (exact) mass is 444 g/mol. The number of nitrogens with zero attached hydrogens (tertiary/aromatic N) is 3. The van der Waals surface area contributed by atoms with Crippen LogP contribution in [-0.2, 0) is 21.9 Å². The highest BCUT2D eigenvalue weighted by Crippen LogP contribution is 2.29. The summed E-state index contributed by atoms with van der Waals surface area (Å²) in [7, 11) is -0.679. The van der Waals surface area contributed by atoms with Gasteiger partial charge < -0.3 is 10.1 Å². The summed E-state index contributed by atoms with van der Waals surface area (Å²) in [6.07, 6.45) is 1.00. The molecular formula is C21H24N4O5S. The van der Waals surface area contributed by atoms with Gasteiger partial charge in [-0.05, 0) is 31.2 Å². The summed E-state index contributed by atoms with van der Waals surface area (Å²) in [5.41, 5.74) is 1.08. The standard InChI is InChI=1S/C21H24N4O5S/c1-15-20(21(27)25(23(15)2)16-10-6-5-7-11-16)22-19(26)14-24(31(4,28)29)17-12-8-9-13-18(17)30-3/h5-13H,14H2,1-4H3,(H,22,26). The third-order valence-corrected chi connectivity index (χ3v) is 5.99. The zero-order valence-electron chi connectivity index (χ0n) is 17.7. The predicted molar refractivity (Wildman–Crippen MR) is 120 cm³/mol. The molecule has 1 N–H and O–H groups in total. The summed E-state index contributed by atoms with van der Waals surface area (Å²) < 4.78 is 34.0. The average molecular weight is 445 g/mol. The Kier molecular flexibility index (Phi) is 6.21. The highest BCUT2D eigenvalue weighted by Gasteiger charge is 2.25. The number of hydrogen-bond donors (Lipinski definition) is 1. The van der Waals surface area contributed by atoms with E-state index >= 15 is 0 Å². The van der Waals surface area contributed by atoms with E-state index in [1.807, 2.05) is 6.07 Å². The minimum atomic E-state index is -3.80. The summed E-state index contributed by atoms with van der Waals surface area (Å²) in [4.78, 5) is 25.8. The Morgan fingerprint density at radius 3 is 2.32 bits per heavy atom. The van der Waals surface area contributed by atoms with Gasteiger partial charge in [0.1, 0.15) is 18.0 Å². The van der Waals surface area contributed by atoms with Crippen molar-refractivity contribution in [1.82, 2.24) is 9.36 Å². The highest BCUT2D eigenvalue weighted by atomic mass is 32.2. The van der Waals surface area contributed by atoms with Gasteiger partial charge in [0.25, 0.3) is 5.56 Å². The number of carbonyl (C=O) groups is 1. The molecule has 0 spiro atoms. The smallest absolute Gasteiger partial charge is 0.295 e. The molecule has 0 aliphatic rings. The fourth-order valence-corrected chi connectivity index (χ4v) is 4.10. The number of benzene rings is 2. The highest BCUT2D eigenvalue weighted by molar-refractivity contribution is 7.92. The largest absolute Gasteiger partial charge is 0.495 e. The number of hydrogen-bond acceptors (Lipinski definition) is 5. The second kappa shape index (κ2) is 8.68. The Morgan fingerprint density at radius 2 is 1.71 bits per heavy atom. The number of aromatic nitrogens is 2. The molecule has 0 saturated heterocycles. The Morgan fingerprint density at radius 1 is 1.10 bits per heavy atom. The van der Waals surface area contributed by atoms with Crippen molar-refractivity contribution in [1.29, 1.82) is 0 Å². The summed E-state index contributed by atoms with van der Waals surface area (Å²) in [6, 6.07) is 15.5. The molecule has 164 valence electrons. The number of methoxy groups -OCH3 is 1. The molecular weight excluding hydrogens is 420 g/mol. The molecule has 0 unspecified atom stereocenters. The van der Waals surface area contributed by atoms with Gasteiger partial charge in [-0.1, -0.05) is 30.3 Å². The molecule has 0 fully saturated rings. The molecule has 9 nitrogen and oxygen atoms in total. The van der Waals surface area contributed by atoms with Crippen molar-refractivity contribution >= 4 is 27.3 Å². The van der Waals surface area contributed by atoms with E-state index in [1.54, 1.807) is 67.2 Å². The maximum atomic E-state index is 13.0. The number of rotatable bonds is 7. The molecule has 0 aliphatic carbocycles. The van der Waals surface area contributed by atoms with Gasteiger partial charge >= 0.3 is 0 Å². The topological polar surface area (TPSA) is 103 Å². The summed E-state index contributed by atoms with van der Waals surface area (Å²) in [5.74, 6) is -0.342. The quantitative estimate of drug-likeness (QED) is 0.600. The lowest BCUT2D eigenvalue weighted by Gasteiger charge is -2.23. The molecule has 0 bridgehead atoms. The molecule has 0 radical (unpaired) electrons. The third-order valence-electron chi connectivity index (χ3n) is 4.86. The Bertz CT molecular complexity index is 1260. The lowest BCUT2D eigenvalue weighted by molar-refractivity contribution is -0.114. The van der Waals surface area contributed by atoms with E-state index in [-0.39, 0.29) is 11.4 Å². The molecule has 10 heteroatoms. The van der Waals surface area contributed by atoms with Crippen molar-refractivity contribution in [2.75, 3.05) is 29.5 Å². The number of sulfonamides is 1. The molecule has 0 saturated carbocycles. The van der Waals surface area contributed by atoms with Gasteiger partial charge in [-0.3, -0.25) is 18.6 Å². The maximum absolute atomic E-state index is 13.0. The van der Waals surface area contributed by atoms with Crippen LogP contribution in [0, 0.1) is 6.92 Å². The molecule has 3 rings (SSSR count). The fraction of sp³-hybridized carbons (Fsp3) is 0.238. The van der Waals surface area contributed by atoms with Crippen molar-refractivity contribution in [3.63, 3.8) is 0 Å². The maximum Gasteiger partial charge on any atom is 0.295 e. The average Bonchev–Trinajstić information content (AvgIpc) is 2.95. The number of anilines is 2. The Balaban J connectivity index is 1.93. The zero-order valence-corrected chi connectivity index (χ0v) is 18.5. The van der Waals surface area contributed by atoms with Crippen LogP contribution >= 0.6 is 0 Å². The molecule has 1 amide bonds. The van der Waals surface area contributed by atoms with Crippen LogP contribution in [0.15, 0.2) is 59.4 Å². The van der Waals surface area contributed by atoms with Gasteiger partial charge in [0, 0.05) is 7.05 Å². The van der Waals surface area contributed by atoms with Gasteiger partial charge in [0.05, 0.1) is 30.4 Å².